The van der Waals surface area contributed by atoms with Crippen LogP contribution in [0.5, 0.6) is 0 Å². The summed E-state index contributed by atoms with van der Waals surface area (Å²) in [5.74, 6) is 13.2. The van der Waals surface area contributed by atoms with E-state index in [0.717, 1.165) is 0 Å². The highest BCUT2D eigenvalue weighted by atomic mass is 32.1. The summed E-state index contributed by atoms with van der Waals surface area (Å²) in [5.41, 5.74) is 0. The molecule has 9 heavy (non-hydrogen) atoms. The van der Waals surface area contributed by atoms with Crippen molar-refractivity contribution in [2.45, 2.75) is 0 Å². The summed E-state index contributed by atoms with van der Waals surface area (Å²) in [4.78, 5) is 0. The van der Waals surface area contributed by atoms with Crippen molar-refractivity contribution < 1.29 is 0 Å². The van der Waals surface area contributed by atoms with Gasteiger partial charge in [-0.25, -0.2) is 4.68 Å². The van der Waals surface area contributed by atoms with Gasteiger partial charge < -0.3 is 5.84 Å². The molecule has 0 unspecified atom stereocenters. The number of rotatable bonds is 0. The van der Waals surface area contributed by atoms with Crippen molar-refractivity contribution in [3.05, 3.63) is 11.1 Å². The Kier molecular flexibility index (Phi) is 3.60. The fraction of sp³-hybridized carbons (Fsp3) is 0. The highest BCUT2D eigenvalue weighted by Gasteiger charge is 1.78. The molecule has 7 N–H and O–H groups in total. The van der Waals surface area contributed by atoms with Crippen LogP contribution in [-0.2, 0) is 0 Å². The lowest BCUT2D eigenvalue weighted by molar-refractivity contribution is 0.977. The fourth-order valence-corrected chi connectivity index (χ4v) is 0.356. The minimum atomic E-state index is 0.431. The number of nitrogens with zero attached hydrogens (tertiary/aromatic N) is 2. The first kappa shape index (κ1) is 8.08. The molecule has 0 atom stereocenters. The molecule has 7 heteroatoms. The third kappa shape index (κ3) is 2.22. The number of aromatic amines is 1. The van der Waals surface area contributed by atoms with E-state index in [0.29, 0.717) is 4.77 Å². The third-order valence-electron chi connectivity index (χ3n) is 0.577. The van der Waals surface area contributed by atoms with Crippen LogP contribution in [0.15, 0.2) is 6.33 Å². The molecule has 1 heterocycles. The predicted molar refractivity (Wildman–Crippen MR) is 35.9 cm³/mol. The van der Waals surface area contributed by atoms with Crippen LogP contribution in [0, 0.1) is 4.77 Å². The zero-order valence-electron chi connectivity index (χ0n) is 4.61. The van der Waals surface area contributed by atoms with E-state index in [9.17, 15) is 0 Å². The van der Waals surface area contributed by atoms with E-state index in [2.05, 4.69) is 34.1 Å². The Labute approximate surface area is 56.6 Å². The second-order valence-corrected chi connectivity index (χ2v) is 1.46. The van der Waals surface area contributed by atoms with Crippen LogP contribution < -0.4 is 17.5 Å². The van der Waals surface area contributed by atoms with Crippen LogP contribution in [0.1, 0.15) is 0 Å². The maximum atomic E-state index is 5.16. The molecule has 0 spiro atoms. The van der Waals surface area contributed by atoms with Crippen LogP contribution in [0.25, 0.3) is 0 Å². The first-order valence-electron chi connectivity index (χ1n) is 2.01. The molecule has 1 rings (SSSR count). The summed E-state index contributed by atoms with van der Waals surface area (Å²) in [7, 11) is 0. The number of hydrogen-bond donors (Lipinski definition) is 4. The van der Waals surface area contributed by atoms with Gasteiger partial charge in [0.15, 0.2) is 0 Å². The number of hydrogen-bond acceptors (Lipinski definition) is 5. The Morgan fingerprint density at radius 3 is 2.33 bits per heavy atom. The molecule has 6 nitrogen and oxygen atoms in total. The van der Waals surface area contributed by atoms with E-state index in [-0.39, 0.29) is 0 Å². The summed E-state index contributed by atoms with van der Waals surface area (Å²) >= 11 is 4.61. The van der Waals surface area contributed by atoms with E-state index in [1.807, 2.05) is 0 Å². The Balaban J connectivity index is 0.000000291. The van der Waals surface area contributed by atoms with Gasteiger partial charge in [-0.1, -0.05) is 0 Å². The van der Waals surface area contributed by atoms with Crippen LogP contribution in [0.3, 0.4) is 0 Å². The second kappa shape index (κ2) is 4.01. The summed E-state index contributed by atoms with van der Waals surface area (Å²) < 4.78 is 1.66. The fourth-order valence-electron chi connectivity index (χ4n) is 0.256. The summed E-state index contributed by atoms with van der Waals surface area (Å²) in [6.45, 7) is 0. The summed E-state index contributed by atoms with van der Waals surface area (Å²) in [6, 6.07) is 0. The molecule has 1 aromatic rings. The largest absolute Gasteiger partial charge is 0.336 e. The maximum Gasteiger partial charge on any atom is 0.213 e. The van der Waals surface area contributed by atoms with Gasteiger partial charge in [0, 0.05) is 0 Å². The van der Waals surface area contributed by atoms with Crippen molar-refractivity contribution in [2.75, 3.05) is 5.84 Å². The lowest BCUT2D eigenvalue weighted by Crippen LogP contribution is -2.05. The number of nitrogen functional groups attached to an aromatic ring is 1. The van der Waals surface area contributed by atoms with E-state index in [1.54, 1.807) is 0 Å². The summed E-state index contributed by atoms with van der Waals surface area (Å²) in [5, 5.41) is 6.00. The highest BCUT2D eigenvalue weighted by molar-refractivity contribution is 7.71. The van der Waals surface area contributed by atoms with Gasteiger partial charge in [0.25, 0.3) is 0 Å². The average molecular weight is 148 g/mol. The van der Waals surface area contributed by atoms with Gasteiger partial charge in [0.2, 0.25) is 4.77 Å². The van der Waals surface area contributed by atoms with Crippen molar-refractivity contribution in [2.24, 2.45) is 11.7 Å². The molecule has 0 bridgehead atoms. The molecule has 0 aliphatic carbocycles. The average Bonchev–Trinajstić information content (AvgIpc) is 2.23. The second-order valence-electron chi connectivity index (χ2n) is 1.07. The smallest absolute Gasteiger partial charge is 0.213 e. The number of nitrogens with two attached hydrogens (primary N) is 3. The lowest BCUT2D eigenvalue weighted by atomic mass is 11.3. The molecule has 0 radical (unpaired) electrons. The number of H-pyrrole nitrogens is 1. The summed E-state index contributed by atoms with van der Waals surface area (Å²) in [6.07, 6.45) is 1.41. The SMILES string of the molecule is NN.Nn1cn[nH]c1=S. The minimum Gasteiger partial charge on any atom is -0.336 e. The van der Waals surface area contributed by atoms with Crippen molar-refractivity contribution in [3.63, 3.8) is 0 Å². The van der Waals surface area contributed by atoms with Crippen LogP contribution in [0.4, 0.5) is 0 Å². The van der Waals surface area contributed by atoms with E-state index in [4.69, 9.17) is 5.84 Å². The Morgan fingerprint density at radius 2 is 2.22 bits per heavy atom. The molecule has 0 saturated carbocycles. The number of hydrazine groups is 1. The highest BCUT2D eigenvalue weighted by Crippen LogP contribution is 1.72. The first-order valence-corrected chi connectivity index (χ1v) is 2.42. The number of nitrogens with one attached hydrogen (secondary N) is 1. The minimum absolute atomic E-state index is 0.431. The Bertz CT molecular complexity index is 199. The zero-order chi connectivity index (χ0) is 7.28. The maximum absolute atomic E-state index is 5.16. The monoisotopic (exact) mass is 148 g/mol. The molecule has 0 aromatic carbocycles. The van der Waals surface area contributed by atoms with Crippen molar-refractivity contribution in [3.8, 4) is 0 Å². The normalized spacial score (nSPS) is 7.78. The van der Waals surface area contributed by atoms with Crippen molar-refractivity contribution >= 4 is 12.2 Å². The lowest BCUT2D eigenvalue weighted by Gasteiger charge is -1.79. The van der Waals surface area contributed by atoms with Gasteiger partial charge in [0.1, 0.15) is 6.33 Å². The molecule has 0 fully saturated rings. The van der Waals surface area contributed by atoms with Gasteiger partial charge in [-0.3, -0.25) is 16.8 Å². The van der Waals surface area contributed by atoms with Gasteiger partial charge in [-0.05, 0) is 12.2 Å². The molecular weight excluding hydrogens is 140 g/mol. The van der Waals surface area contributed by atoms with Gasteiger partial charge in [-0.15, -0.1) is 0 Å². The molecular formula is C2H8N6S. The van der Waals surface area contributed by atoms with Gasteiger partial charge >= 0.3 is 0 Å². The first-order chi connectivity index (χ1) is 4.30. The van der Waals surface area contributed by atoms with Crippen molar-refractivity contribution in [1.82, 2.24) is 14.9 Å². The van der Waals surface area contributed by atoms with Gasteiger partial charge in [0.05, 0.1) is 0 Å². The number of aromatic nitrogens is 3. The standard InChI is InChI=1S/C2H4N4S.H4N2/c3-6-1-4-5-2(6)7;1-2/h1H,3H2,(H,5,7);1-2H2. The van der Waals surface area contributed by atoms with Crippen LogP contribution in [0.2, 0.25) is 0 Å². The predicted octanol–water partition coefficient (Wildman–Crippen LogP) is -1.53. The Morgan fingerprint density at radius 1 is 1.67 bits per heavy atom. The zero-order valence-corrected chi connectivity index (χ0v) is 5.43. The molecule has 0 amide bonds. The molecule has 0 aliphatic rings. The molecule has 0 aliphatic heterocycles. The van der Waals surface area contributed by atoms with Gasteiger partial charge in [-0.2, -0.15) is 5.10 Å². The third-order valence-corrected chi connectivity index (χ3v) is 0.879. The molecule has 52 valence electrons. The van der Waals surface area contributed by atoms with Crippen LogP contribution >= 0.6 is 12.2 Å². The molecule has 0 saturated heterocycles. The van der Waals surface area contributed by atoms with E-state index in [1.165, 1.54) is 11.0 Å². The van der Waals surface area contributed by atoms with Crippen LogP contribution in [-0.4, -0.2) is 14.9 Å². The van der Waals surface area contributed by atoms with E-state index < -0.39 is 0 Å². The topological polar surface area (TPSA) is 112 Å². The van der Waals surface area contributed by atoms with Crippen molar-refractivity contribution in [1.29, 1.82) is 0 Å². The van der Waals surface area contributed by atoms with E-state index >= 15 is 0 Å². The quantitative estimate of drug-likeness (QED) is 0.203. The Hall–Kier alpha value is -0.920. The molecule has 1 aromatic heterocycles.